The second-order valence-electron chi connectivity index (χ2n) is 2.99. The van der Waals surface area contributed by atoms with Gasteiger partial charge in [-0.25, -0.2) is 0 Å². The SMILES string of the molecule is CC(C)=Nc1ccc(Cl)cc1C. The zero-order valence-electron chi connectivity index (χ0n) is 7.56. The summed E-state index contributed by atoms with van der Waals surface area (Å²) in [6, 6.07) is 5.71. The number of aliphatic imine (C=N–C) groups is 1. The summed E-state index contributed by atoms with van der Waals surface area (Å²) < 4.78 is 0. The molecule has 0 N–H and O–H groups in total. The quantitative estimate of drug-likeness (QED) is 0.585. The summed E-state index contributed by atoms with van der Waals surface area (Å²) >= 11 is 5.81. The molecule has 0 saturated carbocycles. The molecule has 0 spiro atoms. The van der Waals surface area contributed by atoms with Crippen LogP contribution in [0.5, 0.6) is 0 Å². The Bertz CT molecular complexity index is 312. The number of rotatable bonds is 1. The summed E-state index contributed by atoms with van der Waals surface area (Å²) in [6.07, 6.45) is 0. The van der Waals surface area contributed by atoms with Gasteiger partial charge < -0.3 is 0 Å². The van der Waals surface area contributed by atoms with E-state index in [1.165, 1.54) is 0 Å². The van der Waals surface area contributed by atoms with Crippen LogP contribution in [-0.4, -0.2) is 5.71 Å². The highest BCUT2D eigenvalue weighted by molar-refractivity contribution is 6.30. The summed E-state index contributed by atoms with van der Waals surface area (Å²) in [5, 5.41) is 0.764. The highest BCUT2D eigenvalue weighted by atomic mass is 35.5. The maximum atomic E-state index is 5.81. The molecule has 1 nitrogen and oxygen atoms in total. The molecule has 0 unspecified atom stereocenters. The summed E-state index contributed by atoms with van der Waals surface area (Å²) in [6.45, 7) is 5.97. The number of nitrogens with zero attached hydrogens (tertiary/aromatic N) is 1. The minimum Gasteiger partial charge on any atom is -0.258 e. The van der Waals surface area contributed by atoms with Crippen LogP contribution in [0.4, 0.5) is 5.69 Å². The normalized spacial score (nSPS) is 9.67. The molecule has 2 heteroatoms. The van der Waals surface area contributed by atoms with Crippen LogP contribution in [0.1, 0.15) is 19.4 Å². The van der Waals surface area contributed by atoms with Crippen LogP contribution < -0.4 is 0 Å². The molecule has 0 heterocycles. The molecule has 0 radical (unpaired) electrons. The van der Waals surface area contributed by atoms with Crippen LogP contribution in [0.15, 0.2) is 23.2 Å². The van der Waals surface area contributed by atoms with Gasteiger partial charge in [-0.05, 0) is 44.5 Å². The van der Waals surface area contributed by atoms with Crippen molar-refractivity contribution in [2.45, 2.75) is 20.8 Å². The van der Waals surface area contributed by atoms with Crippen molar-refractivity contribution in [1.29, 1.82) is 0 Å². The lowest BCUT2D eigenvalue weighted by Gasteiger charge is -2.00. The van der Waals surface area contributed by atoms with Gasteiger partial charge in [-0.3, -0.25) is 4.99 Å². The van der Waals surface area contributed by atoms with Crippen LogP contribution in [0.3, 0.4) is 0 Å². The van der Waals surface area contributed by atoms with E-state index >= 15 is 0 Å². The summed E-state index contributed by atoms with van der Waals surface area (Å²) in [5.74, 6) is 0. The van der Waals surface area contributed by atoms with Gasteiger partial charge in [0.15, 0.2) is 0 Å². The van der Waals surface area contributed by atoms with Gasteiger partial charge in [0, 0.05) is 10.7 Å². The van der Waals surface area contributed by atoms with Gasteiger partial charge in [-0.15, -0.1) is 0 Å². The fourth-order valence-corrected chi connectivity index (χ4v) is 1.21. The van der Waals surface area contributed by atoms with Crippen molar-refractivity contribution >= 4 is 23.0 Å². The smallest absolute Gasteiger partial charge is 0.0658 e. The van der Waals surface area contributed by atoms with E-state index in [0.29, 0.717) is 0 Å². The standard InChI is InChI=1S/C10H12ClN/c1-7(2)12-10-5-4-9(11)6-8(10)3/h4-6H,1-3H3. The number of hydrogen-bond acceptors (Lipinski definition) is 1. The molecule has 0 aliphatic carbocycles. The van der Waals surface area contributed by atoms with Crippen LogP contribution in [0.25, 0.3) is 0 Å². The predicted octanol–water partition coefficient (Wildman–Crippen LogP) is 3.76. The van der Waals surface area contributed by atoms with Crippen LogP contribution in [0, 0.1) is 6.92 Å². The fourth-order valence-electron chi connectivity index (χ4n) is 0.985. The highest BCUT2D eigenvalue weighted by Gasteiger charge is 1.96. The first kappa shape index (κ1) is 9.27. The Morgan fingerprint density at radius 3 is 2.50 bits per heavy atom. The molecule has 1 aromatic rings. The molecule has 0 aliphatic rings. The lowest BCUT2D eigenvalue weighted by atomic mass is 10.2. The zero-order valence-corrected chi connectivity index (χ0v) is 8.31. The van der Waals surface area contributed by atoms with Crippen molar-refractivity contribution in [3.05, 3.63) is 28.8 Å². The molecule has 0 aliphatic heterocycles. The molecule has 0 amide bonds. The first-order chi connectivity index (χ1) is 5.59. The third-order valence-corrected chi connectivity index (χ3v) is 1.74. The summed E-state index contributed by atoms with van der Waals surface area (Å²) in [4.78, 5) is 4.36. The fraction of sp³-hybridized carbons (Fsp3) is 0.300. The Morgan fingerprint density at radius 1 is 1.33 bits per heavy atom. The maximum Gasteiger partial charge on any atom is 0.0658 e. The third kappa shape index (κ3) is 2.35. The van der Waals surface area contributed by atoms with E-state index in [1.54, 1.807) is 0 Å². The summed E-state index contributed by atoms with van der Waals surface area (Å²) in [5.41, 5.74) is 3.17. The van der Waals surface area contributed by atoms with Crippen LogP contribution in [0.2, 0.25) is 5.02 Å². The van der Waals surface area contributed by atoms with Crippen LogP contribution >= 0.6 is 11.6 Å². The van der Waals surface area contributed by atoms with E-state index in [9.17, 15) is 0 Å². The Labute approximate surface area is 78.1 Å². The zero-order chi connectivity index (χ0) is 9.14. The molecule has 0 aromatic heterocycles. The molecular formula is C10H12ClN. The van der Waals surface area contributed by atoms with Gasteiger partial charge in [0.25, 0.3) is 0 Å². The molecule has 0 bridgehead atoms. The van der Waals surface area contributed by atoms with Crippen molar-refractivity contribution in [2.75, 3.05) is 0 Å². The largest absolute Gasteiger partial charge is 0.258 e. The van der Waals surface area contributed by atoms with Crippen molar-refractivity contribution in [1.82, 2.24) is 0 Å². The second-order valence-corrected chi connectivity index (χ2v) is 3.43. The Kier molecular flexibility index (Phi) is 2.88. The minimum absolute atomic E-state index is 0.764. The van der Waals surface area contributed by atoms with Gasteiger partial charge in [-0.2, -0.15) is 0 Å². The summed E-state index contributed by atoms with van der Waals surface area (Å²) in [7, 11) is 0. The average molecular weight is 182 g/mol. The molecular weight excluding hydrogens is 170 g/mol. The number of aryl methyl sites for hydroxylation is 1. The van der Waals surface area contributed by atoms with Crippen molar-refractivity contribution in [3.8, 4) is 0 Å². The molecule has 0 atom stereocenters. The molecule has 0 saturated heterocycles. The van der Waals surface area contributed by atoms with Crippen molar-refractivity contribution in [2.24, 2.45) is 4.99 Å². The van der Waals surface area contributed by atoms with E-state index in [2.05, 4.69) is 4.99 Å². The van der Waals surface area contributed by atoms with E-state index < -0.39 is 0 Å². The monoisotopic (exact) mass is 181 g/mol. The first-order valence-electron chi connectivity index (χ1n) is 3.87. The lowest BCUT2D eigenvalue weighted by Crippen LogP contribution is -1.81. The molecule has 1 rings (SSSR count). The van der Waals surface area contributed by atoms with E-state index in [1.807, 2.05) is 39.0 Å². The first-order valence-corrected chi connectivity index (χ1v) is 4.25. The maximum absolute atomic E-state index is 5.81. The van der Waals surface area contributed by atoms with E-state index in [0.717, 1.165) is 22.0 Å². The Hall–Kier alpha value is -0.820. The van der Waals surface area contributed by atoms with Gasteiger partial charge in [0.2, 0.25) is 0 Å². The van der Waals surface area contributed by atoms with Gasteiger partial charge in [0.05, 0.1) is 5.69 Å². The molecule has 12 heavy (non-hydrogen) atoms. The molecule has 0 fully saturated rings. The van der Waals surface area contributed by atoms with Crippen molar-refractivity contribution in [3.63, 3.8) is 0 Å². The van der Waals surface area contributed by atoms with E-state index in [-0.39, 0.29) is 0 Å². The molecule has 1 aromatic carbocycles. The number of benzene rings is 1. The lowest BCUT2D eigenvalue weighted by molar-refractivity contribution is 1.38. The van der Waals surface area contributed by atoms with Crippen molar-refractivity contribution < 1.29 is 0 Å². The number of halogens is 1. The average Bonchev–Trinajstić information content (AvgIpc) is 1.94. The topological polar surface area (TPSA) is 12.4 Å². The Balaban J connectivity index is 3.10. The van der Waals surface area contributed by atoms with Gasteiger partial charge in [0.1, 0.15) is 0 Å². The minimum atomic E-state index is 0.764. The highest BCUT2D eigenvalue weighted by Crippen LogP contribution is 2.22. The van der Waals surface area contributed by atoms with Gasteiger partial charge >= 0.3 is 0 Å². The third-order valence-electron chi connectivity index (χ3n) is 1.50. The number of hydrogen-bond donors (Lipinski definition) is 0. The second kappa shape index (κ2) is 3.72. The predicted molar refractivity (Wildman–Crippen MR) is 54.6 cm³/mol. The molecule has 64 valence electrons. The van der Waals surface area contributed by atoms with Crippen LogP contribution in [-0.2, 0) is 0 Å². The van der Waals surface area contributed by atoms with Gasteiger partial charge in [-0.1, -0.05) is 11.6 Å². The van der Waals surface area contributed by atoms with E-state index in [4.69, 9.17) is 11.6 Å². The Morgan fingerprint density at radius 2 is 2.00 bits per heavy atom.